The van der Waals surface area contributed by atoms with Gasteiger partial charge in [-0.25, -0.2) is 4.39 Å². The summed E-state index contributed by atoms with van der Waals surface area (Å²) in [5.74, 6) is 0.417. The lowest BCUT2D eigenvalue weighted by molar-refractivity contribution is 0.0624. The highest BCUT2D eigenvalue weighted by atomic mass is 79.9. The number of carbonyl (C=O) groups is 1. The second-order valence-corrected chi connectivity index (χ2v) is 7.48. The molecule has 1 fully saturated rings. The largest absolute Gasteiger partial charge is 0.336 e. The molecule has 0 atom stereocenters. The molecule has 1 saturated heterocycles. The van der Waals surface area contributed by atoms with E-state index < -0.39 is 0 Å². The van der Waals surface area contributed by atoms with Gasteiger partial charge in [0.25, 0.3) is 5.91 Å². The highest BCUT2D eigenvalue weighted by Gasteiger charge is 2.23. The van der Waals surface area contributed by atoms with Crippen LogP contribution >= 0.6 is 15.9 Å². The summed E-state index contributed by atoms with van der Waals surface area (Å²) in [5.41, 5.74) is 1.40. The molecule has 4 rings (SSSR count). The van der Waals surface area contributed by atoms with Crippen LogP contribution in [-0.2, 0) is 6.54 Å². The molecule has 1 amide bonds. The van der Waals surface area contributed by atoms with E-state index in [-0.39, 0.29) is 11.7 Å². The molecule has 3 aromatic rings. The Balaban J connectivity index is 1.38. The van der Waals surface area contributed by atoms with Gasteiger partial charge in [0, 0.05) is 36.2 Å². The average molecular weight is 445 g/mol. The molecule has 9 heteroatoms. The topological polar surface area (TPSA) is 67.2 Å². The van der Waals surface area contributed by atoms with Crippen LogP contribution in [0.4, 0.5) is 4.39 Å². The zero-order valence-electron chi connectivity index (χ0n) is 15.0. The van der Waals surface area contributed by atoms with Gasteiger partial charge in [-0.1, -0.05) is 22.0 Å². The van der Waals surface area contributed by atoms with Crippen molar-refractivity contribution in [3.05, 3.63) is 70.2 Å². The van der Waals surface area contributed by atoms with Crippen LogP contribution in [0.5, 0.6) is 0 Å². The molecule has 0 aliphatic carbocycles. The number of amides is 1. The van der Waals surface area contributed by atoms with E-state index in [1.807, 2.05) is 29.2 Å². The number of halogens is 2. The maximum absolute atomic E-state index is 13.1. The minimum Gasteiger partial charge on any atom is -0.336 e. The third kappa shape index (κ3) is 4.10. The first-order valence-corrected chi connectivity index (χ1v) is 9.70. The second kappa shape index (κ2) is 8.15. The highest BCUT2D eigenvalue weighted by molar-refractivity contribution is 9.10. The van der Waals surface area contributed by atoms with Gasteiger partial charge in [0.15, 0.2) is 5.82 Å². The molecule has 2 heterocycles. The van der Waals surface area contributed by atoms with Crippen LogP contribution < -0.4 is 0 Å². The summed E-state index contributed by atoms with van der Waals surface area (Å²) in [6, 6.07) is 13.5. The number of benzene rings is 2. The predicted octanol–water partition coefficient (Wildman–Crippen LogP) is 2.52. The van der Waals surface area contributed by atoms with Gasteiger partial charge < -0.3 is 4.90 Å². The normalized spacial score (nSPS) is 15.0. The third-order valence-electron chi connectivity index (χ3n) is 4.70. The summed E-state index contributed by atoms with van der Waals surface area (Å²) in [6.45, 7) is 3.31. The molecule has 28 heavy (non-hydrogen) atoms. The third-order valence-corrected chi connectivity index (χ3v) is 5.19. The summed E-state index contributed by atoms with van der Waals surface area (Å²) < 4.78 is 15.6. The predicted molar refractivity (Wildman–Crippen MR) is 104 cm³/mol. The lowest BCUT2D eigenvalue weighted by Crippen LogP contribution is -2.48. The minimum absolute atomic E-state index is 0.0390. The van der Waals surface area contributed by atoms with E-state index in [1.54, 1.807) is 16.8 Å². The van der Waals surface area contributed by atoms with Crippen molar-refractivity contribution in [2.75, 3.05) is 26.2 Å². The molecule has 1 aliphatic rings. The second-order valence-electron chi connectivity index (χ2n) is 6.56. The first-order valence-electron chi connectivity index (χ1n) is 8.90. The number of aromatic nitrogens is 4. The van der Waals surface area contributed by atoms with Crippen LogP contribution in [0.2, 0.25) is 0 Å². The Kier molecular flexibility index (Phi) is 5.45. The zero-order chi connectivity index (χ0) is 19.5. The molecule has 0 spiro atoms. The minimum atomic E-state index is -0.301. The van der Waals surface area contributed by atoms with Crippen molar-refractivity contribution in [1.82, 2.24) is 30.0 Å². The first-order chi connectivity index (χ1) is 13.6. The molecular weight excluding hydrogens is 427 g/mol. The Morgan fingerprint density at radius 1 is 1.07 bits per heavy atom. The van der Waals surface area contributed by atoms with E-state index in [0.29, 0.717) is 36.7 Å². The lowest BCUT2D eigenvalue weighted by atomic mass is 10.2. The number of tetrazole rings is 1. The quantitative estimate of drug-likeness (QED) is 0.618. The number of nitrogens with zero attached hydrogens (tertiary/aromatic N) is 6. The van der Waals surface area contributed by atoms with Gasteiger partial charge in [0.05, 0.1) is 12.2 Å². The van der Waals surface area contributed by atoms with Crippen molar-refractivity contribution in [3.8, 4) is 5.69 Å². The molecule has 7 nitrogen and oxygen atoms in total. The number of hydrogen-bond donors (Lipinski definition) is 0. The van der Waals surface area contributed by atoms with E-state index in [2.05, 4.69) is 36.4 Å². The van der Waals surface area contributed by atoms with Crippen LogP contribution in [0.1, 0.15) is 16.2 Å². The van der Waals surface area contributed by atoms with Gasteiger partial charge in [-0.15, -0.1) is 5.10 Å². The lowest BCUT2D eigenvalue weighted by Gasteiger charge is -2.34. The average Bonchev–Trinajstić information content (AvgIpc) is 3.17. The van der Waals surface area contributed by atoms with Crippen LogP contribution in [0.15, 0.2) is 53.0 Å². The number of carbonyl (C=O) groups excluding carboxylic acids is 1. The fraction of sp³-hybridized carbons (Fsp3) is 0.263. The Bertz CT molecular complexity index is 969. The summed E-state index contributed by atoms with van der Waals surface area (Å²) in [7, 11) is 0. The Morgan fingerprint density at radius 3 is 2.54 bits per heavy atom. The molecule has 144 valence electrons. The van der Waals surface area contributed by atoms with Crippen LogP contribution in [-0.4, -0.2) is 62.1 Å². The van der Waals surface area contributed by atoms with Gasteiger partial charge in [-0.2, -0.15) is 4.68 Å². The Morgan fingerprint density at radius 2 is 1.82 bits per heavy atom. The molecule has 0 bridgehead atoms. The van der Waals surface area contributed by atoms with Crippen molar-refractivity contribution in [2.45, 2.75) is 6.54 Å². The SMILES string of the molecule is O=C(c1cccc(Br)c1)N1CCN(Cc2nnnn2-c2ccc(F)cc2)CC1. The van der Waals surface area contributed by atoms with E-state index >= 15 is 0 Å². The first kappa shape index (κ1) is 18.7. The van der Waals surface area contributed by atoms with Gasteiger partial charge >= 0.3 is 0 Å². The molecular formula is C19H18BrFN6O. The molecule has 1 aromatic heterocycles. The smallest absolute Gasteiger partial charge is 0.253 e. The highest BCUT2D eigenvalue weighted by Crippen LogP contribution is 2.16. The maximum Gasteiger partial charge on any atom is 0.253 e. The molecule has 0 unspecified atom stereocenters. The zero-order valence-corrected chi connectivity index (χ0v) is 16.6. The van der Waals surface area contributed by atoms with E-state index in [9.17, 15) is 9.18 Å². The molecule has 0 saturated carbocycles. The fourth-order valence-electron chi connectivity index (χ4n) is 3.20. The van der Waals surface area contributed by atoms with E-state index in [0.717, 1.165) is 17.6 Å². The molecule has 0 N–H and O–H groups in total. The van der Waals surface area contributed by atoms with Gasteiger partial charge in [-0.3, -0.25) is 9.69 Å². The molecule has 2 aromatic carbocycles. The van der Waals surface area contributed by atoms with Gasteiger partial charge in [-0.05, 0) is 52.9 Å². The summed E-state index contributed by atoms with van der Waals surface area (Å²) in [5, 5.41) is 11.9. The fourth-order valence-corrected chi connectivity index (χ4v) is 3.60. The summed E-state index contributed by atoms with van der Waals surface area (Å²) in [4.78, 5) is 16.7. The van der Waals surface area contributed by atoms with Crippen molar-refractivity contribution in [3.63, 3.8) is 0 Å². The van der Waals surface area contributed by atoms with Crippen molar-refractivity contribution < 1.29 is 9.18 Å². The maximum atomic E-state index is 13.1. The number of rotatable bonds is 4. The van der Waals surface area contributed by atoms with Crippen molar-refractivity contribution >= 4 is 21.8 Å². The summed E-state index contributed by atoms with van der Waals surface area (Å²) in [6.07, 6.45) is 0. The standard InChI is InChI=1S/C19H18BrFN6O/c20-15-3-1-2-14(12-15)19(28)26-10-8-25(9-11-26)13-18-22-23-24-27(18)17-6-4-16(21)5-7-17/h1-7,12H,8-11,13H2. The van der Waals surface area contributed by atoms with Gasteiger partial charge in [0.1, 0.15) is 5.82 Å². The van der Waals surface area contributed by atoms with E-state index in [1.165, 1.54) is 12.1 Å². The van der Waals surface area contributed by atoms with Crippen molar-refractivity contribution in [1.29, 1.82) is 0 Å². The molecule has 1 aliphatic heterocycles. The van der Waals surface area contributed by atoms with Crippen LogP contribution in [0.3, 0.4) is 0 Å². The summed E-state index contributed by atoms with van der Waals surface area (Å²) >= 11 is 3.41. The van der Waals surface area contributed by atoms with Crippen LogP contribution in [0.25, 0.3) is 5.69 Å². The van der Waals surface area contributed by atoms with Crippen LogP contribution in [0, 0.1) is 5.82 Å². The van der Waals surface area contributed by atoms with E-state index in [4.69, 9.17) is 0 Å². The molecule has 0 radical (unpaired) electrons. The van der Waals surface area contributed by atoms with Crippen molar-refractivity contribution in [2.24, 2.45) is 0 Å². The Labute approximate surface area is 169 Å². The monoisotopic (exact) mass is 444 g/mol. The number of hydrogen-bond acceptors (Lipinski definition) is 5. The van der Waals surface area contributed by atoms with Gasteiger partial charge in [0.2, 0.25) is 0 Å². The Hall–Kier alpha value is -2.65. The number of piperazine rings is 1.